The minimum Gasteiger partial charge on any atom is -0.504 e. The van der Waals surface area contributed by atoms with Crippen molar-refractivity contribution in [1.82, 2.24) is 0 Å². The highest BCUT2D eigenvalue weighted by atomic mass is 16.5. The second-order valence-corrected chi connectivity index (χ2v) is 5.92. The molecule has 2 aromatic carbocycles. The van der Waals surface area contributed by atoms with E-state index in [4.69, 9.17) is 18.9 Å². The van der Waals surface area contributed by atoms with Crippen molar-refractivity contribution in [2.75, 3.05) is 33.3 Å². The molecule has 2 aromatic rings. The number of carbonyl (C=O) groups is 1. The van der Waals surface area contributed by atoms with E-state index >= 15 is 0 Å². The highest BCUT2D eigenvalue weighted by molar-refractivity contribution is 6.15. The lowest BCUT2D eigenvalue weighted by Gasteiger charge is -2.42. The van der Waals surface area contributed by atoms with Gasteiger partial charge in [-0.3, -0.25) is 9.69 Å². The minimum absolute atomic E-state index is 0.00742. The molecule has 0 saturated carbocycles. The van der Waals surface area contributed by atoms with Gasteiger partial charge in [-0.25, -0.2) is 0 Å². The molecule has 0 bridgehead atoms. The second-order valence-electron chi connectivity index (χ2n) is 5.92. The van der Waals surface area contributed by atoms with Gasteiger partial charge in [0.05, 0.1) is 40.2 Å². The van der Waals surface area contributed by atoms with Crippen molar-refractivity contribution in [2.45, 2.75) is 6.04 Å². The Morgan fingerprint density at radius 2 is 1.52 bits per heavy atom. The number of aromatic hydroxyl groups is 1. The fourth-order valence-corrected chi connectivity index (χ4v) is 3.18. The zero-order chi connectivity index (χ0) is 19.7. The summed E-state index contributed by atoms with van der Waals surface area (Å²) in [7, 11) is 6.01. The van der Waals surface area contributed by atoms with Crippen LogP contribution in [0.5, 0.6) is 28.7 Å². The van der Waals surface area contributed by atoms with Crippen LogP contribution in [0.25, 0.3) is 0 Å². The second kappa shape index (κ2) is 7.11. The monoisotopic (exact) mass is 371 g/mol. The minimum atomic E-state index is -0.419. The molecule has 1 N–H and O–H groups in total. The molecule has 0 unspecified atom stereocenters. The van der Waals surface area contributed by atoms with E-state index in [0.29, 0.717) is 39.8 Å². The molecule has 0 radical (unpaired) electrons. The van der Waals surface area contributed by atoms with Gasteiger partial charge in [-0.15, -0.1) is 0 Å². The van der Waals surface area contributed by atoms with Gasteiger partial charge in [0.2, 0.25) is 5.75 Å². The van der Waals surface area contributed by atoms with Crippen LogP contribution in [0.3, 0.4) is 0 Å². The standard InChI is InChI=1S/C20H21NO6/c1-11-18(12-6-7-15(24-2)14(22)8-12)21(20(11)23)13-9-16(25-3)19(27-5)17(10-13)26-4/h6-10,18,22H,1H2,2-5H3/t18-/m1/s1. The van der Waals surface area contributed by atoms with Crippen LogP contribution in [-0.4, -0.2) is 39.5 Å². The van der Waals surface area contributed by atoms with Gasteiger partial charge in [-0.2, -0.15) is 0 Å². The van der Waals surface area contributed by atoms with E-state index in [9.17, 15) is 9.90 Å². The first kappa shape index (κ1) is 18.4. The summed E-state index contributed by atoms with van der Waals surface area (Å²) in [5.74, 6) is 1.45. The van der Waals surface area contributed by atoms with Crippen LogP contribution >= 0.6 is 0 Å². The molecule has 142 valence electrons. The summed E-state index contributed by atoms with van der Waals surface area (Å²) in [4.78, 5) is 14.1. The van der Waals surface area contributed by atoms with Crippen LogP contribution in [-0.2, 0) is 4.79 Å². The molecule has 0 spiro atoms. The highest BCUT2D eigenvalue weighted by Gasteiger charge is 2.43. The van der Waals surface area contributed by atoms with Crippen molar-refractivity contribution >= 4 is 11.6 Å². The van der Waals surface area contributed by atoms with Crippen LogP contribution in [0, 0.1) is 0 Å². The Labute approximate surface area is 157 Å². The average molecular weight is 371 g/mol. The van der Waals surface area contributed by atoms with E-state index in [1.165, 1.54) is 28.4 Å². The number of benzene rings is 2. The van der Waals surface area contributed by atoms with Crippen LogP contribution < -0.4 is 23.8 Å². The summed E-state index contributed by atoms with van der Waals surface area (Å²) in [6.07, 6.45) is 0. The molecule has 1 amide bonds. The third-order valence-electron chi connectivity index (χ3n) is 4.53. The lowest BCUT2D eigenvalue weighted by atomic mass is 9.88. The molecule has 27 heavy (non-hydrogen) atoms. The maximum Gasteiger partial charge on any atom is 0.256 e. The number of phenols is 1. The van der Waals surface area contributed by atoms with Gasteiger partial charge >= 0.3 is 0 Å². The predicted octanol–water partition coefficient (Wildman–Crippen LogP) is 3.07. The average Bonchev–Trinajstić information content (AvgIpc) is 2.69. The Hall–Kier alpha value is -3.35. The van der Waals surface area contributed by atoms with Crippen molar-refractivity contribution in [3.63, 3.8) is 0 Å². The Morgan fingerprint density at radius 3 is 2.00 bits per heavy atom. The number of methoxy groups -OCH3 is 4. The smallest absolute Gasteiger partial charge is 0.256 e. The van der Waals surface area contributed by atoms with Gasteiger partial charge in [0, 0.05) is 17.7 Å². The number of ether oxygens (including phenoxy) is 4. The molecule has 1 aliphatic rings. The van der Waals surface area contributed by atoms with Gasteiger partial charge in [0.1, 0.15) is 0 Å². The van der Waals surface area contributed by atoms with Crippen molar-refractivity contribution in [2.24, 2.45) is 0 Å². The first-order valence-electron chi connectivity index (χ1n) is 8.16. The number of anilines is 1. The fraction of sp³-hybridized carbons (Fsp3) is 0.250. The van der Waals surface area contributed by atoms with Crippen molar-refractivity contribution < 1.29 is 28.8 Å². The number of carbonyl (C=O) groups excluding carboxylic acids is 1. The van der Waals surface area contributed by atoms with E-state index in [1.54, 1.807) is 35.2 Å². The van der Waals surface area contributed by atoms with E-state index in [-0.39, 0.29) is 11.7 Å². The number of nitrogens with zero attached hydrogens (tertiary/aromatic N) is 1. The number of phenolic OH excluding ortho intramolecular Hbond substituents is 1. The van der Waals surface area contributed by atoms with Gasteiger partial charge in [0.15, 0.2) is 23.0 Å². The van der Waals surface area contributed by atoms with Crippen LogP contribution in [0.4, 0.5) is 5.69 Å². The first-order chi connectivity index (χ1) is 13.0. The van der Waals surface area contributed by atoms with Crippen molar-refractivity contribution in [1.29, 1.82) is 0 Å². The van der Waals surface area contributed by atoms with Crippen LogP contribution in [0.2, 0.25) is 0 Å². The third kappa shape index (κ3) is 2.91. The van der Waals surface area contributed by atoms with E-state index in [1.807, 2.05) is 0 Å². The van der Waals surface area contributed by atoms with E-state index in [2.05, 4.69) is 6.58 Å². The van der Waals surface area contributed by atoms with Gasteiger partial charge < -0.3 is 24.1 Å². The summed E-state index contributed by atoms with van der Waals surface area (Å²) in [6, 6.07) is 7.97. The van der Waals surface area contributed by atoms with Gasteiger partial charge in [0.25, 0.3) is 5.91 Å². The summed E-state index contributed by atoms with van der Waals surface area (Å²) < 4.78 is 21.1. The molecule has 1 heterocycles. The van der Waals surface area contributed by atoms with Crippen LogP contribution in [0.15, 0.2) is 42.5 Å². The molecule has 0 aliphatic carbocycles. The highest BCUT2D eigenvalue weighted by Crippen LogP contribution is 2.48. The molecule has 3 rings (SSSR count). The normalized spacial score (nSPS) is 16.0. The molecule has 0 aromatic heterocycles. The summed E-state index contributed by atoms with van der Waals surface area (Å²) in [5, 5.41) is 10.1. The zero-order valence-corrected chi connectivity index (χ0v) is 15.6. The molecule has 1 aliphatic heterocycles. The summed E-state index contributed by atoms with van der Waals surface area (Å²) in [6.45, 7) is 3.87. The van der Waals surface area contributed by atoms with Gasteiger partial charge in [-0.1, -0.05) is 12.6 Å². The zero-order valence-electron chi connectivity index (χ0n) is 15.6. The molecule has 7 nitrogen and oxygen atoms in total. The van der Waals surface area contributed by atoms with Crippen molar-refractivity contribution in [3.8, 4) is 28.7 Å². The Bertz CT molecular complexity index is 882. The number of hydrogen-bond donors (Lipinski definition) is 1. The lowest BCUT2D eigenvalue weighted by molar-refractivity contribution is -0.118. The Balaban J connectivity index is 2.06. The van der Waals surface area contributed by atoms with Gasteiger partial charge in [-0.05, 0) is 17.7 Å². The van der Waals surface area contributed by atoms with Crippen LogP contribution in [0.1, 0.15) is 11.6 Å². The molecular formula is C20H21NO6. The fourth-order valence-electron chi connectivity index (χ4n) is 3.18. The molecule has 1 saturated heterocycles. The number of hydrogen-bond acceptors (Lipinski definition) is 6. The summed E-state index contributed by atoms with van der Waals surface area (Å²) in [5.41, 5.74) is 1.71. The largest absolute Gasteiger partial charge is 0.504 e. The Kier molecular flexibility index (Phi) is 4.85. The van der Waals surface area contributed by atoms with Crippen molar-refractivity contribution in [3.05, 3.63) is 48.0 Å². The molecule has 1 atom stereocenters. The molecular weight excluding hydrogens is 350 g/mol. The third-order valence-corrected chi connectivity index (χ3v) is 4.53. The maximum absolute atomic E-state index is 12.5. The lowest BCUT2D eigenvalue weighted by Crippen LogP contribution is -2.48. The maximum atomic E-state index is 12.5. The predicted molar refractivity (Wildman–Crippen MR) is 100 cm³/mol. The topological polar surface area (TPSA) is 77.5 Å². The Morgan fingerprint density at radius 1 is 0.926 bits per heavy atom. The molecule has 1 fully saturated rings. The number of amides is 1. The first-order valence-corrected chi connectivity index (χ1v) is 8.16. The summed E-state index contributed by atoms with van der Waals surface area (Å²) >= 11 is 0. The quantitative estimate of drug-likeness (QED) is 0.621. The van der Waals surface area contributed by atoms with E-state index in [0.717, 1.165) is 0 Å². The SMILES string of the molecule is C=C1C(=O)N(c2cc(OC)c(OC)c(OC)c2)[C@H]1c1ccc(OC)c(O)c1. The molecule has 7 heteroatoms. The number of β-lactam (4-membered cyclic amide) rings is 1. The van der Waals surface area contributed by atoms with E-state index < -0.39 is 6.04 Å². The number of rotatable bonds is 6.